The van der Waals surface area contributed by atoms with E-state index in [1.807, 2.05) is 24.1 Å². The molecule has 0 saturated carbocycles. The summed E-state index contributed by atoms with van der Waals surface area (Å²) in [6.45, 7) is 2.96. The molecular weight excluding hydrogens is 280 g/mol. The van der Waals surface area contributed by atoms with Gasteiger partial charge in [0.15, 0.2) is 0 Å². The van der Waals surface area contributed by atoms with Crippen LogP contribution in [0.3, 0.4) is 0 Å². The molecule has 0 aliphatic rings. The maximum absolute atomic E-state index is 4.30. The molecule has 2 rings (SSSR count). The minimum atomic E-state index is 0.125. The van der Waals surface area contributed by atoms with Gasteiger partial charge in [-0.3, -0.25) is 9.67 Å². The summed E-state index contributed by atoms with van der Waals surface area (Å²) in [5.74, 6) is 0. The van der Waals surface area contributed by atoms with Crippen LogP contribution in [0.25, 0.3) is 0 Å². The molecule has 0 saturated heterocycles. The number of hydrogen-bond acceptors (Lipinski definition) is 3. The maximum Gasteiger partial charge on any atom is 0.0621 e. The Bertz CT molecular complexity index is 495. The van der Waals surface area contributed by atoms with Gasteiger partial charge in [-0.1, -0.05) is 0 Å². The highest BCUT2D eigenvalue weighted by molar-refractivity contribution is 9.10. The Morgan fingerprint density at radius 2 is 2.18 bits per heavy atom. The number of nitrogens with one attached hydrogen (secondary N) is 1. The van der Waals surface area contributed by atoms with Gasteiger partial charge in [-0.15, -0.1) is 0 Å². The molecule has 0 bridgehead atoms. The summed E-state index contributed by atoms with van der Waals surface area (Å²) >= 11 is 3.44. The van der Waals surface area contributed by atoms with Crippen molar-refractivity contribution in [3.63, 3.8) is 0 Å². The van der Waals surface area contributed by atoms with Gasteiger partial charge < -0.3 is 5.32 Å². The van der Waals surface area contributed by atoms with Crippen LogP contribution in [-0.2, 0) is 6.54 Å². The van der Waals surface area contributed by atoms with Gasteiger partial charge in [0.05, 0.1) is 12.2 Å². The lowest BCUT2D eigenvalue weighted by Crippen LogP contribution is -2.17. The van der Waals surface area contributed by atoms with Gasteiger partial charge in [0.1, 0.15) is 0 Å². The fourth-order valence-electron chi connectivity index (χ4n) is 1.81. The van der Waals surface area contributed by atoms with E-state index in [1.165, 1.54) is 0 Å². The number of rotatable bonds is 4. The van der Waals surface area contributed by atoms with Crippen LogP contribution in [0.2, 0.25) is 0 Å². The van der Waals surface area contributed by atoms with Crippen molar-refractivity contribution >= 4 is 15.9 Å². The third-order valence-corrected chi connectivity index (χ3v) is 3.09. The third-order valence-electron chi connectivity index (χ3n) is 2.66. The molecule has 90 valence electrons. The van der Waals surface area contributed by atoms with Crippen molar-refractivity contribution in [2.24, 2.45) is 0 Å². The molecular formula is C12H15BrN4. The first-order chi connectivity index (χ1) is 8.24. The van der Waals surface area contributed by atoms with Gasteiger partial charge in [0.25, 0.3) is 0 Å². The van der Waals surface area contributed by atoms with E-state index < -0.39 is 0 Å². The van der Waals surface area contributed by atoms with Crippen LogP contribution in [0.1, 0.15) is 24.1 Å². The first kappa shape index (κ1) is 12.3. The highest BCUT2D eigenvalue weighted by atomic mass is 79.9. The second-order valence-corrected chi connectivity index (χ2v) is 4.70. The van der Waals surface area contributed by atoms with Crippen LogP contribution in [0, 0.1) is 0 Å². The molecule has 2 aromatic rings. The number of pyridine rings is 1. The molecule has 2 heterocycles. The lowest BCUT2D eigenvalue weighted by molar-refractivity contribution is 0.653. The van der Waals surface area contributed by atoms with E-state index in [-0.39, 0.29) is 6.04 Å². The highest BCUT2D eigenvalue weighted by Crippen LogP contribution is 2.22. The number of aryl methyl sites for hydroxylation is 1. The van der Waals surface area contributed by atoms with E-state index in [1.54, 1.807) is 6.20 Å². The molecule has 0 spiro atoms. The fraction of sp³-hybridized carbons (Fsp3) is 0.333. The van der Waals surface area contributed by atoms with Crippen molar-refractivity contribution in [1.29, 1.82) is 0 Å². The topological polar surface area (TPSA) is 42.7 Å². The minimum absolute atomic E-state index is 0.125. The lowest BCUT2D eigenvalue weighted by Gasteiger charge is -2.14. The summed E-state index contributed by atoms with van der Waals surface area (Å²) in [5.41, 5.74) is 2.27. The van der Waals surface area contributed by atoms with Crippen molar-refractivity contribution in [2.45, 2.75) is 19.5 Å². The molecule has 0 fully saturated rings. The molecule has 0 radical (unpaired) electrons. The smallest absolute Gasteiger partial charge is 0.0621 e. The first-order valence-corrected chi connectivity index (χ1v) is 6.34. The molecule has 0 aromatic carbocycles. The van der Waals surface area contributed by atoms with Gasteiger partial charge in [-0.05, 0) is 41.5 Å². The Balaban J connectivity index is 2.33. The van der Waals surface area contributed by atoms with Crippen molar-refractivity contribution in [3.05, 3.63) is 46.5 Å². The van der Waals surface area contributed by atoms with Gasteiger partial charge in [-0.25, -0.2) is 0 Å². The highest BCUT2D eigenvalue weighted by Gasteiger charge is 2.14. The molecule has 5 heteroatoms. The molecule has 2 aromatic heterocycles. The summed E-state index contributed by atoms with van der Waals surface area (Å²) in [4.78, 5) is 4.19. The molecule has 1 unspecified atom stereocenters. The minimum Gasteiger partial charge on any atom is -0.309 e. The summed E-state index contributed by atoms with van der Waals surface area (Å²) in [6, 6.07) is 2.19. The van der Waals surface area contributed by atoms with Crippen LogP contribution < -0.4 is 5.32 Å². The van der Waals surface area contributed by atoms with Crippen LogP contribution in [0.4, 0.5) is 0 Å². The lowest BCUT2D eigenvalue weighted by atomic mass is 10.0. The normalized spacial score (nSPS) is 12.6. The Labute approximate surface area is 109 Å². The molecule has 1 N–H and O–H groups in total. The van der Waals surface area contributed by atoms with Crippen LogP contribution >= 0.6 is 15.9 Å². The van der Waals surface area contributed by atoms with E-state index in [9.17, 15) is 0 Å². The Hall–Kier alpha value is -1.20. The Kier molecular flexibility index (Phi) is 3.91. The maximum atomic E-state index is 4.30. The standard InChI is InChI=1S/C12H15BrN4/c1-3-17-8-10(6-16-17)12(14-2)9-4-11(13)7-15-5-9/h4-8,12,14H,3H2,1-2H3. The predicted molar refractivity (Wildman–Crippen MR) is 70.7 cm³/mol. The SMILES string of the molecule is CCn1cc(C(NC)c2cncc(Br)c2)cn1. The molecule has 1 atom stereocenters. The van der Waals surface area contributed by atoms with E-state index in [0.29, 0.717) is 0 Å². The number of halogens is 1. The van der Waals surface area contributed by atoms with E-state index >= 15 is 0 Å². The third kappa shape index (κ3) is 2.73. The van der Waals surface area contributed by atoms with Crippen LogP contribution in [-0.4, -0.2) is 21.8 Å². The van der Waals surface area contributed by atoms with Gasteiger partial charge >= 0.3 is 0 Å². The fourth-order valence-corrected chi connectivity index (χ4v) is 2.20. The largest absolute Gasteiger partial charge is 0.309 e. The average Bonchev–Trinajstić information content (AvgIpc) is 2.79. The van der Waals surface area contributed by atoms with E-state index in [4.69, 9.17) is 0 Å². The van der Waals surface area contributed by atoms with E-state index in [2.05, 4.69) is 50.5 Å². The summed E-state index contributed by atoms with van der Waals surface area (Å²) in [6.07, 6.45) is 7.61. The summed E-state index contributed by atoms with van der Waals surface area (Å²) in [7, 11) is 1.94. The monoisotopic (exact) mass is 294 g/mol. The van der Waals surface area contributed by atoms with Crippen molar-refractivity contribution in [1.82, 2.24) is 20.1 Å². The van der Waals surface area contributed by atoms with Crippen LogP contribution in [0.5, 0.6) is 0 Å². The Morgan fingerprint density at radius 1 is 1.35 bits per heavy atom. The van der Waals surface area contributed by atoms with Gasteiger partial charge in [0.2, 0.25) is 0 Å². The molecule has 4 nitrogen and oxygen atoms in total. The number of hydrogen-bond donors (Lipinski definition) is 1. The molecule has 0 aliphatic carbocycles. The Morgan fingerprint density at radius 3 is 2.76 bits per heavy atom. The number of aromatic nitrogens is 3. The molecule has 0 aliphatic heterocycles. The summed E-state index contributed by atoms with van der Waals surface area (Å²) in [5, 5.41) is 7.58. The van der Waals surface area contributed by atoms with Gasteiger partial charge in [0, 0.05) is 35.2 Å². The first-order valence-electron chi connectivity index (χ1n) is 5.54. The van der Waals surface area contributed by atoms with Crippen LogP contribution in [0.15, 0.2) is 35.3 Å². The zero-order chi connectivity index (χ0) is 12.3. The van der Waals surface area contributed by atoms with Crippen molar-refractivity contribution < 1.29 is 0 Å². The second-order valence-electron chi connectivity index (χ2n) is 3.79. The second kappa shape index (κ2) is 5.42. The summed E-state index contributed by atoms with van der Waals surface area (Å²) < 4.78 is 2.91. The molecule has 17 heavy (non-hydrogen) atoms. The number of nitrogens with zero attached hydrogens (tertiary/aromatic N) is 3. The predicted octanol–water partition coefficient (Wildman–Crippen LogP) is 2.37. The van der Waals surface area contributed by atoms with E-state index in [0.717, 1.165) is 22.1 Å². The van der Waals surface area contributed by atoms with Crippen molar-refractivity contribution in [2.75, 3.05) is 7.05 Å². The average molecular weight is 295 g/mol. The zero-order valence-corrected chi connectivity index (χ0v) is 11.5. The quantitative estimate of drug-likeness (QED) is 0.941. The zero-order valence-electron chi connectivity index (χ0n) is 9.89. The van der Waals surface area contributed by atoms with Crippen molar-refractivity contribution in [3.8, 4) is 0 Å². The molecule has 0 amide bonds. The van der Waals surface area contributed by atoms with Gasteiger partial charge in [-0.2, -0.15) is 5.10 Å².